The minimum atomic E-state index is -2.79. The van der Waals surface area contributed by atoms with Crippen LogP contribution in [0.2, 0.25) is 0 Å². The number of hydrogen-bond acceptors (Lipinski definition) is 7. The van der Waals surface area contributed by atoms with Gasteiger partial charge in [-0.3, -0.25) is 24.5 Å². The molecular weight excluding hydrogens is 456 g/mol. The van der Waals surface area contributed by atoms with Crippen LogP contribution in [0.15, 0.2) is 61.2 Å². The number of anilines is 1. The third-order valence-corrected chi connectivity index (χ3v) is 4.97. The first-order chi connectivity index (χ1) is 16.7. The van der Waals surface area contributed by atoms with Crippen LogP contribution < -0.4 is 22.1 Å². The zero-order chi connectivity index (χ0) is 25.5. The molecule has 0 aliphatic carbocycles. The van der Waals surface area contributed by atoms with E-state index in [2.05, 4.69) is 25.6 Å². The normalized spacial score (nSPS) is 11.9. The first kappa shape index (κ1) is 25.0. The number of carbonyl (C=O) groups excluding carboxylic acids is 2. The molecule has 3 aromatic heterocycles. The van der Waals surface area contributed by atoms with Crippen LogP contribution in [-0.4, -0.2) is 33.8 Å². The maximum atomic E-state index is 12.9. The van der Waals surface area contributed by atoms with Gasteiger partial charge in [0.2, 0.25) is 0 Å². The molecule has 0 aromatic carbocycles. The molecule has 180 valence electrons. The van der Waals surface area contributed by atoms with E-state index in [9.17, 15) is 18.4 Å². The highest BCUT2D eigenvalue weighted by Gasteiger charge is 2.14. The molecule has 0 radical (unpaired) electrons. The van der Waals surface area contributed by atoms with Gasteiger partial charge in [-0.05, 0) is 54.5 Å². The third kappa shape index (κ3) is 6.02. The molecule has 0 saturated heterocycles. The quantitative estimate of drug-likeness (QED) is 0.381. The second-order valence-corrected chi connectivity index (χ2v) is 7.31. The second-order valence-electron chi connectivity index (χ2n) is 7.31. The molecule has 0 bridgehead atoms. The number of aromatic nitrogens is 3. The number of rotatable bonds is 7. The van der Waals surface area contributed by atoms with Gasteiger partial charge in [0.25, 0.3) is 18.2 Å². The average Bonchev–Trinajstić information content (AvgIpc) is 2.87. The Balaban J connectivity index is 1.88. The van der Waals surface area contributed by atoms with Crippen molar-refractivity contribution in [3.8, 4) is 0 Å². The maximum Gasteiger partial charge on any atom is 0.280 e. The van der Waals surface area contributed by atoms with Crippen molar-refractivity contribution in [2.75, 3.05) is 12.4 Å². The number of alkyl halides is 2. The molecule has 3 aromatic rings. The summed E-state index contributed by atoms with van der Waals surface area (Å²) < 4.78 is 25.8. The summed E-state index contributed by atoms with van der Waals surface area (Å²) in [5, 5.41) is 5.13. The lowest BCUT2D eigenvalue weighted by molar-refractivity contribution is 0.0957. The Labute approximate surface area is 200 Å². The van der Waals surface area contributed by atoms with Crippen molar-refractivity contribution in [2.24, 2.45) is 11.5 Å². The van der Waals surface area contributed by atoms with Crippen LogP contribution in [0.1, 0.15) is 49.8 Å². The number of aryl methyl sites for hydroxylation is 1. The molecule has 3 heterocycles. The van der Waals surface area contributed by atoms with E-state index >= 15 is 0 Å². The van der Waals surface area contributed by atoms with E-state index in [4.69, 9.17) is 11.5 Å². The minimum absolute atomic E-state index is 0.0268. The van der Waals surface area contributed by atoms with Crippen molar-refractivity contribution >= 4 is 28.8 Å². The summed E-state index contributed by atoms with van der Waals surface area (Å²) in [6, 6.07) is 7.22. The number of carbonyl (C=O) groups is 2. The Bertz CT molecular complexity index is 1320. The van der Waals surface area contributed by atoms with Crippen molar-refractivity contribution in [1.82, 2.24) is 20.3 Å². The summed E-state index contributed by atoms with van der Waals surface area (Å²) >= 11 is 0. The van der Waals surface area contributed by atoms with Gasteiger partial charge in [0.05, 0.1) is 11.9 Å². The lowest BCUT2D eigenvalue weighted by Gasteiger charge is -2.11. The first-order valence-electron chi connectivity index (χ1n) is 10.3. The smallest absolute Gasteiger partial charge is 0.280 e. The number of hydrogen-bond donors (Lipinski definition) is 4. The third-order valence-electron chi connectivity index (χ3n) is 4.97. The van der Waals surface area contributed by atoms with Crippen molar-refractivity contribution in [2.45, 2.75) is 13.3 Å². The Morgan fingerprint density at radius 2 is 1.74 bits per heavy atom. The lowest BCUT2D eigenvalue weighted by Crippen LogP contribution is -2.19. The molecule has 11 heteroatoms. The minimum Gasteiger partial charge on any atom is -0.404 e. The van der Waals surface area contributed by atoms with Gasteiger partial charge in [0.1, 0.15) is 11.4 Å². The van der Waals surface area contributed by atoms with E-state index in [0.29, 0.717) is 33.8 Å². The van der Waals surface area contributed by atoms with Crippen LogP contribution in [0.4, 0.5) is 14.5 Å². The summed E-state index contributed by atoms with van der Waals surface area (Å²) in [4.78, 5) is 36.3. The van der Waals surface area contributed by atoms with Crippen molar-refractivity contribution in [1.29, 1.82) is 0 Å². The van der Waals surface area contributed by atoms with Gasteiger partial charge in [-0.2, -0.15) is 0 Å². The number of nitrogens with two attached hydrogens (primary N) is 2. The van der Waals surface area contributed by atoms with Crippen LogP contribution >= 0.6 is 0 Å². The van der Waals surface area contributed by atoms with Gasteiger partial charge in [-0.15, -0.1) is 0 Å². The largest absolute Gasteiger partial charge is 0.404 e. The molecule has 0 atom stereocenters. The number of nitrogens with zero attached hydrogens (tertiary/aromatic N) is 3. The zero-order valence-electron chi connectivity index (χ0n) is 18.9. The standard InChI is InChI=1S/C24H23F2N7O2/c1-13-18(19(28)7-16(11-27)14-3-5-31-21(8-14)24(35)29-2)10-17(12-32-13)33-23(34)15-4-6-30-20(9-15)22(25)26/h3-12,22H,27-28H2,1-2H3,(H,29,35)(H,33,34)/b16-11+,19-7-. The molecule has 35 heavy (non-hydrogen) atoms. The fourth-order valence-electron chi connectivity index (χ4n) is 3.14. The van der Waals surface area contributed by atoms with Gasteiger partial charge in [-0.1, -0.05) is 0 Å². The van der Waals surface area contributed by atoms with E-state index in [1.54, 1.807) is 31.2 Å². The van der Waals surface area contributed by atoms with E-state index in [1.807, 2.05) is 0 Å². The fraction of sp³-hybridized carbons (Fsp3) is 0.125. The first-order valence-corrected chi connectivity index (χ1v) is 10.3. The highest BCUT2D eigenvalue weighted by atomic mass is 19.3. The Kier molecular flexibility index (Phi) is 7.82. The van der Waals surface area contributed by atoms with E-state index < -0.39 is 18.0 Å². The fourth-order valence-corrected chi connectivity index (χ4v) is 3.14. The Hall–Kier alpha value is -4.67. The van der Waals surface area contributed by atoms with Gasteiger partial charge in [0.15, 0.2) is 0 Å². The summed E-state index contributed by atoms with van der Waals surface area (Å²) in [5.41, 5.74) is 14.7. The molecule has 6 N–H and O–H groups in total. The van der Waals surface area contributed by atoms with Crippen molar-refractivity contribution in [3.63, 3.8) is 0 Å². The molecule has 0 aliphatic heterocycles. The molecule has 0 unspecified atom stereocenters. The Morgan fingerprint density at radius 1 is 1.03 bits per heavy atom. The second kappa shape index (κ2) is 11.0. The SMILES string of the molecule is CNC(=O)c1cc(C(/C=C(\N)c2cc(NC(=O)c3ccnc(C(F)F)c3)cnc2C)=C/N)ccn1. The highest BCUT2D eigenvalue weighted by molar-refractivity contribution is 6.04. The van der Waals surface area contributed by atoms with Gasteiger partial charge < -0.3 is 22.1 Å². The highest BCUT2D eigenvalue weighted by Crippen LogP contribution is 2.24. The maximum absolute atomic E-state index is 12.9. The number of amides is 2. The van der Waals surface area contributed by atoms with Gasteiger partial charge >= 0.3 is 0 Å². The summed E-state index contributed by atoms with van der Waals surface area (Å²) in [7, 11) is 1.50. The van der Waals surface area contributed by atoms with E-state index in [1.165, 1.54) is 31.7 Å². The van der Waals surface area contributed by atoms with Crippen LogP contribution in [0, 0.1) is 6.92 Å². The monoisotopic (exact) mass is 479 g/mol. The van der Waals surface area contributed by atoms with Gasteiger partial charge in [0, 0.05) is 48.2 Å². The number of pyridine rings is 3. The Morgan fingerprint density at radius 3 is 2.43 bits per heavy atom. The summed E-state index contributed by atoms with van der Waals surface area (Å²) in [6.07, 6.45) is 4.21. The number of nitrogens with one attached hydrogen (secondary N) is 2. The topological polar surface area (TPSA) is 149 Å². The summed E-state index contributed by atoms with van der Waals surface area (Å²) in [6.45, 7) is 1.74. The number of halogens is 2. The molecule has 0 fully saturated rings. The lowest BCUT2D eigenvalue weighted by atomic mass is 10.0. The molecule has 9 nitrogen and oxygen atoms in total. The van der Waals surface area contributed by atoms with Crippen molar-refractivity contribution in [3.05, 3.63) is 95.0 Å². The summed E-state index contributed by atoms with van der Waals surface area (Å²) in [5.74, 6) is -0.951. The average molecular weight is 479 g/mol. The molecular formula is C24H23F2N7O2. The van der Waals surface area contributed by atoms with Crippen LogP contribution in [0.25, 0.3) is 11.3 Å². The molecule has 0 aliphatic rings. The van der Waals surface area contributed by atoms with E-state index in [0.717, 1.165) is 12.3 Å². The van der Waals surface area contributed by atoms with Crippen LogP contribution in [0.5, 0.6) is 0 Å². The predicted octanol–water partition coefficient (Wildman–Crippen LogP) is 3.03. The molecule has 0 saturated carbocycles. The number of allylic oxidation sites excluding steroid dienone is 2. The molecule has 3 rings (SSSR count). The molecule has 0 spiro atoms. The zero-order valence-corrected chi connectivity index (χ0v) is 18.9. The van der Waals surface area contributed by atoms with Crippen molar-refractivity contribution < 1.29 is 18.4 Å². The molecule has 2 amide bonds. The van der Waals surface area contributed by atoms with Crippen LogP contribution in [0.3, 0.4) is 0 Å². The van der Waals surface area contributed by atoms with Crippen LogP contribution in [-0.2, 0) is 0 Å². The predicted molar refractivity (Wildman–Crippen MR) is 128 cm³/mol. The van der Waals surface area contributed by atoms with Gasteiger partial charge in [-0.25, -0.2) is 8.78 Å². The van der Waals surface area contributed by atoms with E-state index in [-0.39, 0.29) is 17.2 Å².